The molecule has 0 radical (unpaired) electrons. The number of rotatable bonds is 5. The number of hydrogen-bond acceptors (Lipinski definition) is 4. The van der Waals surface area contributed by atoms with Crippen molar-refractivity contribution in [3.8, 4) is 5.75 Å². The second kappa shape index (κ2) is 7.13. The van der Waals surface area contributed by atoms with Crippen LogP contribution in [-0.4, -0.2) is 18.5 Å². The Bertz CT molecular complexity index is 804. The van der Waals surface area contributed by atoms with E-state index in [0.717, 1.165) is 28.9 Å². The standard InChI is InChI=1S/C20H19NO3/c1-3-11-23-17-9-7-15(8-10-17)13-18-20(22)24-19(21-18)16-6-4-5-14(2)12-16/h4-10,12-13H,3,11H2,1-2H3/b18-13+. The average Bonchev–Trinajstić information content (AvgIpc) is 2.95. The molecule has 0 saturated heterocycles. The molecule has 1 aliphatic heterocycles. The van der Waals surface area contributed by atoms with Gasteiger partial charge in [0, 0.05) is 5.56 Å². The van der Waals surface area contributed by atoms with E-state index < -0.39 is 5.97 Å². The SMILES string of the molecule is CCCOc1ccc(/C=C2/N=C(c3cccc(C)c3)OC2=O)cc1. The number of hydrogen-bond donors (Lipinski definition) is 0. The second-order valence-corrected chi connectivity index (χ2v) is 5.62. The van der Waals surface area contributed by atoms with E-state index in [1.54, 1.807) is 6.08 Å². The van der Waals surface area contributed by atoms with Crippen molar-refractivity contribution in [3.05, 3.63) is 70.9 Å². The van der Waals surface area contributed by atoms with E-state index in [0.29, 0.717) is 18.2 Å². The third-order valence-electron chi connectivity index (χ3n) is 3.54. The van der Waals surface area contributed by atoms with Crippen molar-refractivity contribution in [2.45, 2.75) is 20.3 Å². The molecule has 2 aromatic carbocycles. The predicted molar refractivity (Wildman–Crippen MR) is 94.0 cm³/mol. The molecule has 0 spiro atoms. The minimum Gasteiger partial charge on any atom is -0.494 e. The van der Waals surface area contributed by atoms with E-state index in [2.05, 4.69) is 11.9 Å². The van der Waals surface area contributed by atoms with Crippen LogP contribution in [-0.2, 0) is 9.53 Å². The average molecular weight is 321 g/mol. The van der Waals surface area contributed by atoms with Crippen LogP contribution in [0.4, 0.5) is 0 Å². The van der Waals surface area contributed by atoms with Gasteiger partial charge in [0.15, 0.2) is 5.70 Å². The highest BCUT2D eigenvalue weighted by Gasteiger charge is 2.24. The monoisotopic (exact) mass is 321 g/mol. The fraction of sp³-hybridized carbons (Fsp3) is 0.200. The van der Waals surface area contributed by atoms with Gasteiger partial charge < -0.3 is 9.47 Å². The summed E-state index contributed by atoms with van der Waals surface area (Å²) in [4.78, 5) is 16.3. The molecule has 4 heteroatoms. The lowest BCUT2D eigenvalue weighted by atomic mass is 10.1. The number of aliphatic imine (C=N–C) groups is 1. The molecule has 24 heavy (non-hydrogen) atoms. The predicted octanol–water partition coefficient (Wildman–Crippen LogP) is 4.13. The zero-order valence-corrected chi connectivity index (χ0v) is 13.8. The van der Waals surface area contributed by atoms with Gasteiger partial charge in [-0.3, -0.25) is 0 Å². The molecule has 0 amide bonds. The highest BCUT2D eigenvalue weighted by molar-refractivity contribution is 6.12. The lowest BCUT2D eigenvalue weighted by Gasteiger charge is -2.04. The van der Waals surface area contributed by atoms with E-state index in [-0.39, 0.29) is 0 Å². The minimum atomic E-state index is -0.433. The highest BCUT2D eigenvalue weighted by atomic mass is 16.6. The van der Waals surface area contributed by atoms with Crippen LogP contribution in [0.1, 0.15) is 30.0 Å². The maximum absolute atomic E-state index is 12.0. The fourth-order valence-electron chi connectivity index (χ4n) is 2.35. The van der Waals surface area contributed by atoms with Gasteiger partial charge in [0.25, 0.3) is 0 Å². The molecule has 0 aromatic heterocycles. The summed E-state index contributed by atoms with van der Waals surface area (Å²) >= 11 is 0. The summed E-state index contributed by atoms with van der Waals surface area (Å²) in [6.45, 7) is 4.74. The van der Waals surface area contributed by atoms with Crippen molar-refractivity contribution < 1.29 is 14.3 Å². The summed E-state index contributed by atoms with van der Waals surface area (Å²) < 4.78 is 10.8. The molecule has 4 nitrogen and oxygen atoms in total. The molecule has 0 N–H and O–H groups in total. The van der Waals surface area contributed by atoms with Crippen molar-refractivity contribution in [2.24, 2.45) is 4.99 Å². The fourth-order valence-corrected chi connectivity index (χ4v) is 2.35. The maximum Gasteiger partial charge on any atom is 0.363 e. The summed E-state index contributed by atoms with van der Waals surface area (Å²) in [5.74, 6) is 0.729. The van der Waals surface area contributed by atoms with Crippen molar-refractivity contribution in [1.82, 2.24) is 0 Å². The Morgan fingerprint density at radius 1 is 1.17 bits per heavy atom. The number of nitrogens with zero attached hydrogens (tertiary/aromatic N) is 1. The first-order valence-corrected chi connectivity index (χ1v) is 7.98. The van der Waals surface area contributed by atoms with Gasteiger partial charge in [0.2, 0.25) is 5.90 Å². The first-order valence-electron chi connectivity index (χ1n) is 7.98. The van der Waals surface area contributed by atoms with Gasteiger partial charge in [-0.25, -0.2) is 9.79 Å². The largest absolute Gasteiger partial charge is 0.494 e. The van der Waals surface area contributed by atoms with E-state index >= 15 is 0 Å². The first kappa shape index (κ1) is 16.0. The van der Waals surface area contributed by atoms with Crippen LogP contribution in [0.25, 0.3) is 6.08 Å². The number of benzene rings is 2. The number of carbonyl (C=O) groups is 1. The Morgan fingerprint density at radius 3 is 2.67 bits per heavy atom. The van der Waals surface area contributed by atoms with Crippen molar-refractivity contribution in [1.29, 1.82) is 0 Å². The Morgan fingerprint density at radius 2 is 1.96 bits per heavy atom. The summed E-state index contributed by atoms with van der Waals surface area (Å²) in [5, 5.41) is 0. The zero-order valence-electron chi connectivity index (χ0n) is 13.8. The van der Waals surface area contributed by atoms with Crippen molar-refractivity contribution in [3.63, 3.8) is 0 Å². The molecule has 0 unspecified atom stereocenters. The molecular formula is C20H19NO3. The topological polar surface area (TPSA) is 47.9 Å². The molecule has 3 rings (SSSR count). The molecule has 2 aromatic rings. The van der Waals surface area contributed by atoms with Crippen LogP contribution in [0.3, 0.4) is 0 Å². The number of ether oxygens (including phenoxy) is 2. The lowest BCUT2D eigenvalue weighted by Crippen LogP contribution is -2.05. The van der Waals surface area contributed by atoms with Crippen LogP contribution >= 0.6 is 0 Å². The van der Waals surface area contributed by atoms with E-state index in [4.69, 9.17) is 9.47 Å². The van der Waals surface area contributed by atoms with Crippen molar-refractivity contribution >= 4 is 17.9 Å². The number of aryl methyl sites for hydroxylation is 1. The number of cyclic esters (lactones) is 1. The molecule has 0 aliphatic carbocycles. The molecule has 0 atom stereocenters. The van der Waals surface area contributed by atoms with E-state index in [9.17, 15) is 4.79 Å². The molecule has 1 heterocycles. The minimum absolute atomic E-state index is 0.300. The second-order valence-electron chi connectivity index (χ2n) is 5.62. The Hall–Kier alpha value is -2.88. The van der Waals surface area contributed by atoms with Gasteiger partial charge in [0.1, 0.15) is 5.75 Å². The van der Waals surface area contributed by atoms with Gasteiger partial charge in [-0.1, -0.05) is 36.8 Å². The molecule has 0 bridgehead atoms. The smallest absolute Gasteiger partial charge is 0.363 e. The quantitative estimate of drug-likeness (QED) is 0.614. The summed E-state index contributed by atoms with van der Waals surface area (Å²) in [6.07, 6.45) is 2.68. The van der Waals surface area contributed by atoms with E-state index in [1.807, 2.05) is 55.5 Å². The number of esters is 1. The van der Waals surface area contributed by atoms with Gasteiger partial charge in [0.05, 0.1) is 6.61 Å². The van der Waals surface area contributed by atoms with Crippen LogP contribution in [0.2, 0.25) is 0 Å². The normalized spacial score (nSPS) is 15.3. The zero-order chi connectivity index (χ0) is 16.9. The molecular weight excluding hydrogens is 302 g/mol. The molecule has 0 saturated carbocycles. The summed E-state index contributed by atoms with van der Waals surface area (Å²) in [5.41, 5.74) is 3.06. The Kier molecular flexibility index (Phi) is 4.75. The van der Waals surface area contributed by atoms with Gasteiger partial charge >= 0.3 is 5.97 Å². The third-order valence-corrected chi connectivity index (χ3v) is 3.54. The number of carbonyl (C=O) groups excluding carboxylic acids is 1. The van der Waals surface area contributed by atoms with Crippen LogP contribution in [0.15, 0.2) is 59.2 Å². The van der Waals surface area contributed by atoms with Gasteiger partial charge in [-0.15, -0.1) is 0 Å². The maximum atomic E-state index is 12.0. The van der Waals surface area contributed by atoms with Gasteiger partial charge in [-0.05, 0) is 49.2 Å². The van der Waals surface area contributed by atoms with Crippen molar-refractivity contribution in [2.75, 3.05) is 6.61 Å². The van der Waals surface area contributed by atoms with Crippen LogP contribution < -0.4 is 4.74 Å². The highest BCUT2D eigenvalue weighted by Crippen LogP contribution is 2.21. The lowest BCUT2D eigenvalue weighted by molar-refractivity contribution is -0.129. The Balaban J connectivity index is 1.80. The molecule has 122 valence electrons. The first-order chi connectivity index (χ1) is 11.7. The third kappa shape index (κ3) is 3.71. The van der Waals surface area contributed by atoms with E-state index in [1.165, 1.54) is 0 Å². The molecule has 0 fully saturated rings. The van der Waals surface area contributed by atoms with Gasteiger partial charge in [-0.2, -0.15) is 0 Å². The molecule has 1 aliphatic rings. The Labute approximate surface area is 141 Å². The van der Waals surface area contributed by atoms with Crippen LogP contribution in [0, 0.1) is 6.92 Å². The summed E-state index contributed by atoms with van der Waals surface area (Å²) in [6, 6.07) is 15.3. The van der Waals surface area contributed by atoms with Crippen LogP contribution in [0.5, 0.6) is 5.75 Å². The summed E-state index contributed by atoms with van der Waals surface area (Å²) in [7, 11) is 0.